The molecule has 1 aromatic carbocycles. The molecule has 0 aromatic heterocycles. The summed E-state index contributed by atoms with van der Waals surface area (Å²) in [5.74, 6) is 0.932. The first kappa shape index (κ1) is 30.8. The van der Waals surface area contributed by atoms with Crippen LogP contribution in [-0.4, -0.2) is 77.8 Å². The van der Waals surface area contributed by atoms with Crippen LogP contribution >= 0.6 is 22.6 Å². The van der Waals surface area contributed by atoms with E-state index in [1.807, 2.05) is 4.90 Å². The number of nitrogens with one attached hydrogen (secondary N) is 1. The zero-order chi connectivity index (χ0) is 28.6. The molecule has 9 nitrogen and oxygen atoms in total. The van der Waals surface area contributed by atoms with Gasteiger partial charge in [0.1, 0.15) is 18.5 Å². The number of carbonyl (C=O) groups excluding carboxylic acids is 3. The summed E-state index contributed by atoms with van der Waals surface area (Å²) in [5, 5.41) is 23.7. The highest BCUT2D eigenvalue weighted by Crippen LogP contribution is 2.38. The quantitative estimate of drug-likeness (QED) is 0.229. The number of aliphatic hydroxyl groups is 2. The molecule has 3 atom stereocenters. The molecule has 4 rings (SSSR count). The number of amides is 2. The zero-order valence-corrected chi connectivity index (χ0v) is 25.3. The van der Waals surface area contributed by atoms with Gasteiger partial charge in [-0.2, -0.15) is 0 Å². The van der Waals surface area contributed by atoms with Crippen LogP contribution in [0.25, 0.3) is 0 Å². The number of carbonyl (C=O) groups is 3. The smallest absolute Gasteiger partial charge is 0.247 e. The maximum absolute atomic E-state index is 13.8. The van der Waals surface area contributed by atoms with E-state index in [-0.39, 0.29) is 37.4 Å². The van der Waals surface area contributed by atoms with E-state index in [1.54, 1.807) is 18.2 Å². The molecule has 0 radical (unpaired) electrons. The molecule has 2 fully saturated rings. The summed E-state index contributed by atoms with van der Waals surface area (Å²) >= 11 is 2.05. The lowest BCUT2D eigenvalue weighted by Gasteiger charge is -2.43. The summed E-state index contributed by atoms with van der Waals surface area (Å²) in [7, 11) is 1.47. The van der Waals surface area contributed by atoms with Crippen molar-refractivity contribution < 1.29 is 34.1 Å². The monoisotopic (exact) mass is 668 g/mol. The van der Waals surface area contributed by atoms with Crippen LogP contribution in [0.15, 0.2) is 23.8 Å². The van der Waals surface area contributed by atoms with Crippen molar-refractivity contribution in [1.82, 2.24) is 10.2 Å². The maximum Gasteiger partial charge on any atom is 0.247 e. The molecule has 220 valence electrons. The number of aldehydes is 1. The summed E-state index contributed by atoms with van der Waals surface area (Å²) in [5.41, 5.74) is 0.828. The third kappa shape index (κ3) is 7.36. The Morgan fingerprint density at radius 1 is 1.15 bits per heavy atom. The second-order valence-electron chi connectivity index (χ2n) is 11.1. The van der Waals surface area contributed by atoms with Crippen molar-refractivity contribution in [2.75, 3.05) is 20.3 Å². The Balaban J connectivity index is 1.65. The van der Waals surface area contributed by atoms with Gasteiger partial charge in [0.05, 0.1) is 23.3 Å². The van der Waals surface area contributed by atoms with Gasteiger partial charge in [-0.15, -0.1) is 0 Å². The molecule has 3 aliphatic carbocycles. The second kappa shape index (κ2) is 14.6. The minimum absolute atomic E-state index is 0.0118. The van der Waals surface area contributed by atoms with Crippen LogP contribution in [0.2, 0.25) is 0 Å². The number of halogens is 1. The van der Waals surface area contributed by atoms with Gasteiger partial charge in [0.25, 0.3) is 0 Å². The van der Waals surface area contributed by atoms with Gasteiger partial charge in [-0.25, -0.2) is 0 Å². The standard InChI is InChI=1S/C30H41IN2O7/c1-39-26-15-20(18-35)14-23(31)29(26)40-25-17-21(30(38)32-12-13-34)16-24(28(25)37)33(22-8-4-5-9-22)27(36)11-10-19-6-2-3-7-19/h14-15,17-19,22,24-25,28,34,37H,2-13,16H2,1H3,(H,32,38). The van der Waals surface area contributed by atoms with Crippen molar-refractivity contribution in [3.8, 4) is 11.5 Å². The van der Waals surface area contributed by atoms with Crippen molar-refractivity contribution >= 4 is 40.7 Å². The van der Waals surface area contributed by atoms with Crippen LogP contribution in [0.4, 0.5) is 0 Å². The van der Waals surface area contributed by atoms with Crippen LogP contribution in [0.3, 0.4) is 0 Å². The largest absolute Gasteiger partial charge is 0.493 e. The van der Waals surface area contributed by atoms with Crippen molar-refractivity contribution in [3.63, 3.8) is 0 Å². The van der Waals surface area contributed by atoms with Gasteiger partial charge in [-0.05, 0) is 66.0 Å². The van der Waals surface area contributed by atoms with E-state index in [9.17, 15) is 24.6 Å². The number of rotatable bonds is 12. The maximum atomic E-state index is 13.8. The molecule has 3 N–H and O–H groups in total. The highest BCUT2D eigenvalue weighted by molar-refractivity contribution is 14.1. The first-order chi connectivity index (χ1) is 19.4. The van der Waals surface area contributed by atoms with Gasteiger partial charge in [0.2, 0.25) is 11.8 Å². The van der Waals surface area contributed by atoms with Gasteiger partial charge in [0.15, 0.2) is 11.5 Å². The first-order valence-electron chi connectivity index (χ1n) is 14.4. The van der Waals surface area contributed by atoms with Gasteiger partial charge in [-0.3, -0.25) is 14.4 Å². The normalized spacial score (nSPS) is 23.5. The van der Waals surface area contributed by atoms with E-state index in [0.717, 1.165) is 38.4 Å². The number of hydrogen-bond donors (Lipinski definition) is 3. The number of nitrogens with zero attached hydrogens (tertiary/aromatic N) is 1. The Bertz CT molecular complexity index is 1080. The van der Waals surface area contributed by atoms with Crippen molar-refractivity contribution in [2.45, 2.75) is 94.9 Å². The molecule has 0 heterocycles. The van der Waals surface area contributed by atoms with E-state index in [2.05, 4.69) is 27.9 Å². The summed E-state index contributed by atoms with van der Waals surface area (Å²) < 4.78 is 12.4. The van der Waals surface area contributed by atoms with E-state index in [4.69, 9.17) is 9.47 Å². The highest BCUT2D eigenvalue weighted by Gasteiger charge is 2.43. The van der Waals surface area contributed by atoms with Crippen molar-refractivity contribution in [3.05, 3.63) is 32.9 Å². The average Bonchev–Trinajstić information content (AvgIpc) is 3.68. The zero-order valence-electron chi connectivity index (χ0n) is 23.1. The van der Waals surface area contributed by atoms with Gasteiger partial charge < -0.3 is 29.9 Å². The topological polar surface area (TPSA) is 125 Å². The molecular formula is C30H41IN2O7. The Labute approximate surface area is 249 Å². The predicted octanol–water partition coefficient (Wildman–Crippen LogP) is 3.77. The summed E-state index contributed by atoms with van der Waals surface area (Å²) in [6.07, 6.45) is 10.4. The van der Waals surface area contributed by atoms with E-state index in [1.165, 1.54) is 32.8 Å². The summed E-state index contributed by atoms with van der Waals surface area (Å²) in [6.45, 7) is -0.0994. The van der Waals surface area contributed by atoms with Crippen LogP contribution in [0.5, 0.6) is 11.5 Å². The van der Waals surface area contributed by atoms with Crippen LogP contribution < -0.4 is 14.8 Å². The number of ether oxygens (including phenoxy) is 2. The minimum atomic E-state index is -1.09. The molecule has 3 unspecified atom stereocenters. The van der Waals surface area contributed by atoms with Gasteiger partial charge in [-0.1, -0.05) is 38.5 Å². The molecule has 0 aliphatic heterocycles. The van der Waals surface area contributed by atoms with Crippen LogP contribution in [-0.2, 0) is 9.59 Å². The summed E-state index contributed by atoms with van der Waals surface area (Å²) in [6, 6.07) is 2.60. The van der Waals surface area contributed by atoms with Crippen molar-refractivity contribution in [2.24, 2.45) is 5.92 Å². The fourth-order valence-corrected chi connectivity index (χ4v) is 7.16. The summed E-state index contributed by atoms with van der Waals surface area (Å²) in [4.78, 5) is 40.2. The molecular weight excluding hydrogens is 627 g/mol. The molecule has 3 aliphatic rings. The van der Waals surface area contributed by atoms with Crippen molar-refractivity contribution in [1.29, 1.82) is 0 Å². The number of benzene rings is 1. The Morgan fingerprint density at radius 3 is 2.50 bits per heavy atom. The number of methoxy groups -OCH3 is 1. The molecule has 0 spiro atoms. The third-order valence-electron chi connectivity index (χ3n) is 8.46. The molecule has 2 amide bonds. The van der Waals surface area contributed by atoms with E-state index < -0.39 is 18.2 Å². The van der Waals surface area contributed by atoms with Gasteiger partial charge in [0, 0.05) is 36.6 Å². The second-order valence-corrected chi connectivity index (χ2v) is 12.3. The fourth-order valence-electron chi connectivity index (χ4n) is 6.40. The van der Waals surface area contributed by atoms with Gasteiger partial charge >= 0.3 is 0 Å². The fraction of sp³-hybridized carbons (Fsp3) is 0.633. The lowest BCUT2D eigenvalue weighted by molar-refractivity contribution is -0.142. The Kier molecular flexibility index (Phi) is 11.3. The van der Waals surface area contributed by atoms with E-state index in [0.29, 0.717) is 38.5 Å². The van der Waals surface area contributed by atoms with Crippen LogP contribution in [0.1, 0.15) is 81.0 Å². The molecule has 1 aromatic rings. The molecule has 40 heavy (non-hydrogen) atoms. The predicted molar refractivity (Wildman–Crippen MR) is 158 cm³/mol. The lowest BCUT2D eigenvalue weighted by atomic mass is 9.86. The average molecular weight is 669 g/mol. The Hall–Kier alpha value is -2.18. The SMILES string of the molecule is COc1cc(C=O)cc(I)c1OC1C=C(C(=O)NCCO)CC(N(C(=O)CCC2CCCC2)C2CCCC2)C1O. The van der Waals surface area contributed by atoms with Crippen LogP contribution in [0, 0.1) is 9.49 Å². The Morgan fingerprint density at radius 2 is 1.85 bits per heavy atom. The minimum Gasteiger partial charge on any atom is -0.493 e. The van der Waals surface area contributed by atoms with E-state index >= 15 is 0 Å². The number of hydrogen-bond acceptors (Lipinski definition) is 7. The lowest BCUT2D eigenvalue weighted by Crippen LogP contribution is -2.57. The highest BCUT2D eigenvalue weighted by atomic mass is 127. The third-order valence-corrected chi connectivity index (χ3v) is 9.26. The first-order valence-corrected chi connectivity index (χ1v) is 15.5. The number of aliphatic hydroxyl groups excluding tert-OH is 2. The molecule has 2 saturated carbocycles. The molecule has 0 bridgehead atoms. The molecule has 10 heteroatoms. The molecule has 0 saturated heterocycles.